The Hall–Kier alpha value is -0.140. The number of aliphatic hydroxyl groups excluding tert-OH is 1. The maximum atomic E-state index is 11.0. The van der Waals surface area contributed by atoms with Crippen LogP contribution in [0.4, 0.5) is 0 Å². The van der Waals surface area contributed by atoms with Gasteiger partial charge in [0, 0.05) is 19.4 Å². The van der Waals surface area contributed by atoms with Crippen LogP contribution in [0.2, 0.25) is 0 Å². The maximum Gasteiger partial charge on any atom is 0.302 e. The summed E-state index contributed by atoms with van der Waals surface area (Å²) in [4.78, 5) is 13.1. The summed E-state index contributed by atoms with van der Waals surface area (Å²) >= 11 is 2.08. The van der Waals surface area contributed by atoms with Gasteiger partial charge >= 0.3 is 5.97 Å². The van der Waals surface area contributed by atoms with Crippen molar-refractivity contribution in [2.45, 2.75) is 25.6 Å². The third-order valence-electron chi connectivity index (χ3n) is 2.84. The van der Waals surface area contributed by atoms with Gasteiger partial charge in [-0.1, -0.05) is 22.6 Å². The highest BCUT2D eigenvalue weighted by Crippen LogP contribution is 2.24. The van der Waals surface area contributed by atoms with E-state index in [-0.39, 0.29) is 18.0 Å². The van der Waals surface area contributed by atoms with E-state index in [1.807, 2.05) is 7.05 Å². The molecule has 0 aromatic carbocycles. The summed E-state index contributed by atoms with van der Waals surface area (Å²) in [5.74, 6) is -0.276. The number of halogens is 1. The van der Waals surface area contributed by atoms with Gasteiger partial charge in [-0.05, 0) is 30.2 Å². The van der Waals surface area contributed by atoms with Crippen molar-refractivity contribution in [1.82, 2.24) is 4.90 Å². The zero-order chi connectivity index (χ0) is 12.1. The van der Waals surface area contributed by atoms with E-state index in [9.17, 15) is 9.90 Å². The van der Waals surface area contributed by atoms with Crippen molar-refractivity contribution in [2.24, 2.45) is 5.92 Å². The first-order valence-corrected chi connectivity index (χ1v) is 6.60. The highest BCUT2D eigenvalue weighted by Gasteiger charge is 2.33. The molecule has 5 heteroatoms. The summed E-state index contributed by atoms with van der Waals surface area (Å²) in [5, 5.41) is 9.94. The Balaban J connectivity index is 2.67. The number of ether oxygens (including phenoxy) is 1. The first-order chi connectivity index (χ1) is 7.54. The zero-order valence-electron chi connectivity index (χ0n) is 9.60. The number of nitrogens with zero attached hydrogens (tertiary/aromatic N) is 1. The fraction of sp³-hybridized carbons (Fsp3) is 0.727. The number of carbonyl (C=O) groups excluding carboxylic acids is 1. The van der Waals surface area contributed by atoms with Crippen molar-refractivity contribution in [2.75, 3.05) is 20.1 Å². The molecule has 0 radical (unpaired) electrons. The number of carbonyl (C=O) groups is 1. The van der Waals surface area contributed by atoms with Gasteiger partial charge in [-0.3, -0.25) is 4.79 Å². The largest absolute Gasteiger partial charge is 0.461 e. The number of rotatable bonds is 3. The fourth-order valence-corrected chi connectivity index (χ4v) is 2.46. The van der Waals surface area contributed by atoms with Crippen LogP contribution in [0.3, 0.4) is 0 Å². The lowest BCUT2D eigenvalue weighted by Gasteiger charge is -2.37. The second kappa shape index (κ2) is 6.56. The molecule has 3 atom stereocenters. The molecule has 0 aliphatic carbocycles. The van der Waals surface area contributed by atoms with Crippen molar-refractivity contribution >= 4 is 28.6 Å². The highest BCUT2D eigenvalue weighted by atomic mass is 127. The number of piperidine rings is 1. The van der Waals surface area contributed by atoms with E-state index >= 15 is 0 Å². The van der Waals surface area contributed by atoms with Gasteiger partial charge in [-0.25, -0.2) is 0 Å². The lowest BCUT2D eigenvalue weighted by Crippen LogP contribution is -2.47. The van der Waals surface area contributed by atoms with Crippen molar-refractivity contribution < 1.29 is 14.6 Å². The zero-order valence-corrected chi connectivity index (χ0v) is 11.8. The quantitative estimate of drug-likeness (QED) is 0.619. The molecule has 0 amide bonds. The highest BCUT2D eigenvalue weighted by molar-refractivity contribution is 14.1. The molecular weight excluding hydrogens is 323 g/mol. The minimum absolute atomic E-state index is 0.00566. The molecule has 0 bridgehead atoms. The van der Waals surface area contributed by atoms with Crippen LogP contribution in [0.25, 0.3) is 0 Å². The van der Waals surface area contributed by atoms with Gasteiger partial charge in [0.2, 0.25) is 0 Å². The predicted octanol–water partition coefficient (Wildman–Crippen LogP) is 1.18. The van der Waals surface area contributed by atoms with Crippen molar-refractivity contribution in [1.29, 1.82) is 0 Å². The van der Waals surface area contributed by atoms with Gasteiger partial charge in [-0.2, -0.15) is 0 Å². The van der Waals surface area contributed by atoms with E-state index in [0.29, 0.717) is 6.54 Å². The van der Waals surface area contributed by atoms with E-state index in [4.69, 9.17) is 4.74 Å². The minimum atomic E-state index is -0.532. The Labute approximate surface area is 110 Å². The minimum Gasteiger partial charge on any atom is -0.461 e. The van der Waals surface area contributed by atoms with Gasteiger partial charge in [0.05, 0.1) is 6.10 Å². The second-order valence-electron chi connectivity index (χ2n) is 4.17. The molecule has 92 valence electrons. The Bertz CT molecular complexity index is 270. The van der Waals surface area contributed by atoms with E-state index in [1.54, 1.807) is 10.2 Å². The van der Waals surface area contributed by atoms with E-state index < -0.39 is 6.10 Å². The smallest absolute Gasteiger partial charge is 0.302 e. The molecule has 3 unspecified atom stereocenters. The average Bonchev–Trinajstić information content (AvgIpc) is 2.16. The van der Waals surface area contributed by atoms with Gasteiger partial charge < -0.3 is 14.7 Å². The summed E-state index contributed by atoms with van der Waals surface area (Å²) in [5.41, 5.74) is 0. The number of hydrogen-bond donors (Lipinski definition) is 1. The molecule has 0 aromatic rings. The fourth-order valence-electron chi connectivity index (χ4n) is 2.03. The predicted molar refractivity (Wildman–Crippen MR) is 70.3 cm³/mol. The Morgan fingerprint density at radius 3 is 3.00 bits per heavy atom. The SMILES string of the molecule is CC(=O)OC1CN([14CH3])CCC1C(O)/C=C/I. The standard InChI is InChI=1S/C11H18INO3/c1-8(14)16-11-7-13(2)6-4-9(11)10(15)3-5-12/h3,5,9-11,15H,4,6-7H2,1-2H3/b5-3+/i2+2. The van der Waals surface area contributed by atoms with Crippen LogP contribution in [-0.4, -0.2) is 48.3 Å². The molecule has 0 aromatic heterocycles. The van der Waals surface area contributed by atoms with Crippen molar-refractivity contribution in [3.05, 3.63) is 10.2 Å². The molecule has 4 nitrogen and oxygen atoms in total. The van der Waals surface area contributed by atoms with E-state index in [1.165, 1.54) is 6.92 Å². The first kappa shape index (κ1) is 13.9. The number of esters is 1. The van der Waals surface area contributed by atoms with Crippen LogP contribution in [-0.2, 0) is 9.53 Å². The molecule has 0 spiro atoms. The Morgan fingerprint density at radius 1 is 1.75 bits per heavy atom. The lowest BCUT2D eigenvalue weighted by atomic mass is 9.89. The van der Waals surface area contributed by atoms with Crippen LogP contribution in [0.15, 0.2) is 10.2 Å². The summed E-state index contributed by atoms with van der Waals surface area (Å²) in [6, 6.07) is 0. The van der Waals surface area contributed by atoms with Gasteiger partial charge in [-0.15, -0.1) is 0 Å². The molecule has 1 rings (SSSR count). The number of likely N-dealkylation sites (N-methyl/N-ethyl adjacent to an activating group) is 1. The second-order valence-corrected chi connectivity index (χ2v) is 4.89. The van der Waals surface area contributed by atoms with E-state index in [0.717, 1.165) is 13.0 Å². The molecule has 1 fully saturated rings. The van der Waals surface area contributed by atoms with Crippen LogP contribution < -0.4 is 0 Å². The monoisotopic (exact) mass is 341 g/mol. The topological polar surface area (TPSA) is 49.8 Å². The van der Waals surface area contributed by atoms with Gasteiger partial charge in [0.1, 0.15) is 6.10 Å². The number of likely N-dealkylation sites (tertiary alicyclic amines) is 1. The maximum absolute atomic E-state index is 11.0. The Kier molecular flexibility index (Phi) is 5.71. The molecule has 1 saturated heterocycles. The first-order valence-electron chi connectivity index (χ1n) is 5.35. The van der Waals surface area contributed by atoms with Gasteiger partial charge in [0.25, 0.3) is 0 Å². The molecule has 1 heterocycles. The van der Waals surface area contributed by atoms with Crippen LogP contribution >= 0.6 is 22.6 Å². The lowest BCUT2D eigenvalue weighted by molar-refractivity contribution is -0.154. The molecule has 0 saturated carbocycles. The summed E-state index contributed by atoms with van der Waals surface area (Å²) in [6.45, 7) is 3.02. The Morgan fingerprint density at radius 2 is 2.44 bits per heavy atom. The average molecular weight is 341 g/mol. The molecule has 1 aliphatic rings. The normalized spacial score (nSPS) is 29.2. The van der Waals surface area contributed by atoms with Crippen LogP contribution in [0, 0.1) is 5.92 Å². The van der Waals surface area contributed by atoms with Crippen LogP contribution in [0.1, 0.15) is 13.3 Å². The van der Waals surface area contributed by atoms with Gasteiger partial charge in [0.15, 0.2) is 0 Å². The van der Waals surface area contributed by atoms with Crippen LogP contribution in [0.5, 0.6) is 0 Å². The van der Waals surface area contributed by atoms with Crippen molar-refractivity contribution in [3.8, 4) is 0 Å². The van der Waals surface area contributed by atoms with E-state index in [2.05, 4.69) is 27.5 Å². The number of aliphatic hydroxyl groups is 1. The summed E-state index contributed by atoms with van der Waals surface area (Å²) in [7, 11) is 1.99. The third-order valence-corrected chi connectivity index (χ3v) is 3.25. The number of hydrogen-bond acceptors (Lipinski definition) is 4. The third kappa shape index (κ3) is 4.03. The summed E-state index contributed by atoms with van der Waals surface area (Å²) < 4.78 is 7.06. The van der Waals surface area contributed by atoms with Crippen molar-refractivity contribution in [3.63, 3.8) is 0 Å². The molecule has 1 aliphatic heterocycles. The molecule has 1 N–H and O–H groups in total. The molecular formula is C11H18INO3. The molecule has 16 heavy (non-hydrogen) atoms. The summed E-state index contributed by atoms with van der Waals surface area (Å²) in [6.07, 6.45) is 1.85.